The Morgan fingerprint density at radius 1 is 1.21 bits per heavy atom. The van der Waals surface area contributed by atoms with E-state index in [1.165, 1.54) is 0 Å². The number of benzene rings is 1. The van der Waals surface area contributed by atoms with Crippen LogP contribution < -0.4 is 0 Å². The van der Waals surface area contributed by atoms with Crippen LogP contribution in [0.25, 0.3) is 22.2 Å². The Labute approximate surface area is 111 Å². The Bertz CT molecular complexity index is 809. The average Bonchev–Trinajstić information content (AvgIpc) is 2.76. The zero-order chi connectivity index (χ0) is 13.4. The van der Waals surface area contributed by atoms with Crippen LogP contribution in [-0.2, 0) is 7.05 Å². The lowest BCUT2D eigenvalue weighted by Gasteiger charge is -2.01. The second-order valence-corrected chi connectivity index (χ2v) is 4.47. The van der Waals surface area contributed by atoms with Crippen molar-refractivity contribution < 1.29 is 0 Å². The molecule has 2 heterocycles. The maximum absolute atomic E-state index is 9.01. The zero-order valence-corrected chi connectivity index (χ0v) is 10.8. The number of fused-ring (bicyclic) bond motifs is 1. The predicted molar refractivity (Wildman–Crippen MR) is 73.4 cm³/mol. The lowest BCUT2D eigenvalue weighted by Crippen LogP contribution is -1.94. The first kappa shape index (κ1) is 11.4. The minimum atomic E-state index is 0.399. The van der Waals surface area contributed by atoms with Crippen molar-refractivity contribution in [2.75, 3.05) is 0 Å². The summed E-state index contributed by atoms with van der Waals surface area (Å²) in [5.41, 5.74) is 3.36. The van der Waals surface area contributed by atoms with Gasteiger partial charge in [0.25, 0.3) is 0 Å². The van der Waals surface area contributed by atoms with E-state index < -0.39 is 0 Å². The van der Waals surface area contributed by atoms with Gasteiger partial charge in [0, 0.05) is 35.8 Å². The number of nitriles is 1. The fourth-order valence-corrected chi connectivity index (χ4v) is 2.31. The van der Waals surface area contributed by atoms with Crippen LogP contribution in [0.4, 0.5) is 0 Å². The molecule has 3 rings (SSSR count). The van der Waals surface area contributed by atoms with E-state index >= 15 is 0 Å². The highest BCUT2D eigenvalue weighted by atomic mass is 14.9. The number of aryl methyl sites for hydroxylation is 2. The summed E-state index contributed by atoms with van der Waals surface area (Å²) in [6, 6.07) is 12.0. The summed E-state index contributed by atoms with van der Waals surface area (Å²) >= 11 is 0. The maximum atomic E-state index is 9.01. The molecule has 0 aliphatic heterocycles. The topological polar surface area (TPSA) is 54.5 Å². The predicted octanol–water partition coefficient (Wildman–Crippen LogP) is 2.82. The van der Waals surface area contributed by atoms with Crippen LogP contribution in [0, 0.1) is 18.3 Å². The van der Waals surface area contributed by atoms with Crippen LogP contribution in [0.2, 0.25) is 0 Å². The summed E-state index contributed by atoms with van der Waals surface area (Å²) in [5.74, 6) is 0.613. The van der Waals surface area contributed by atoms with Gasteiger partial charge in [-0.1, -0.05) is 18.2 Å². The van der Waals surface area contributed by atoms with Crippen LogP contribution in [0.5, 0.6) is 0 Å². The molecule has 19 heavy (non-hydrogen) atoms. The molecule has 0 aliphatic rings. The molecule has 0 fully saturated rings. The normalized spacial score (nSPS) is 10.6. The first-order valence-corrected chi connectivity index (χ1v) is 5.99. The lowest BCUT2D eigenvalue weighted by atomic mass is 10.1. The second-order valence-electron chi connectivity index (χ2n) is 4.47. The van der Waals surface area contributed by atoms with Gasteiger partial charge in [-0.3, -0.25) is 0 Å². The largest absolute Gasteiger partial charge is 0.350 e. The molecule has 0 aliphatic carbocycles. The minimum absolute atomic E-state index is 0.399. The number of para-hydroxylation sites is 1. The highest BCUT2D eigenvalue weighted by Gasteiger charge is 2.11. The second kappa shape index (κ2) is 4.21. The average molecular weight is 248 g/mol. The van der Waals surface area contributed by atoms with E-state index in [0.29, 0.717) is 11.5 Å². The number of rotatable bonds is 1. The molecule has 0 N–H and O–H groups in total. The molecule has 3 aromatic rings. The van der Waals surface area contributed by atoms with Gasteiger partial charge in [-0.2, -0.15) is 5.26 Å². The van der Waals surface area contributed by atoms with Crippen LogP contribution >= 0.6 is 0 Å². The number of nitrogens with zero attached hydrogens (tertiary/aromatic N) is 4. The molecule has 0 bridgehead atoms. The highest BCUT2D eigenvalue weighted by molar-refractivity contribution is 5.95. The van der Waals surface area contributed by atoms with Crippen LogP contribution in [-0.4, -0.2) is 14.5 Å². The Morgan fingerprint density at radius 3 is 2.79 bits per heavy atom. The molecule has 2 aromatic heterocycles. The van der Waals surface area contributed by atoms with Crippen molar-refractivity contribution in [3.05, 3.63) is 48.0 Å². The lowest BCUT2D eigenvalue weighted by molar-refractivity contribution is 0.967. The van der Waals surface area contributed by atoms with Gasteiger partial charge in [-0.05, 0) is 13.0 Å². The molecule has 0 unspecified atom stereocenters. The zero-order valence-electron chi connectivity index (χ0n) is 10.8. The molecule has 0 spiro atoms. The summed E-state index contributed by atoms with van der Waals surface area (Å²) < 4.78 is 2.06. The monoisotopic (exact) mass is 248 g/mol. The van der Waals surface area contributed by atoms with Gasteiger partial charge in [0.05, 0.1) is 5.69 Å². The third-order valence-corrected chi connectivity index (χ3v) is 3.13. The van der Waals surface area contributed by atoms with Gasteiger partial charge in [0.2, 0.25) is 0 Å². The van der Waals surface area contributed by atoms with Gasteiger partial charge in [-0.15, -0.1) is 0 Å². The number of hydrogen-bond acceptors (Lipinski definition) is 3. The minimum Gasteiger partial charge on any atom is -0.350 e. The molecule has 0 radical (unpaired) electrons. The van der Waals surface area contributed by atoms with E-state index in [1.54, 1.807) is 13.0 Å². The van der Waals surface area contributed by atoms with Crippen LogP contribution in [0.1, 0.15) is 11.5 Å². The first-order chi connectivity index (χ1) is 9.19. The van der Waals surface area contributed by atoms with Crippen molar-refractivity contribution in [1.82, 2.24) is 14.5 Å². The molecule has 0 saturated carbocycles. The third kappa shape index (κ3) is 1.85. The molecule has 0 saturated heterocycles. The van der Waals surface area contributed by atoms with Crippen LogP contribution in [0.3, 0.4) is 0 Å². The Morgan fingerprint density at radius 2 is 2.00 bits per heavy atom. The summed E-state index contributed by atoms with van der Waals surface area (Å²) in [5, 5.41) is 10.1. The van der Waals surface area contributed by atoms with E-state index in [-0.39, 0.29) is 0 Å². The van der Waals surface area contributed by atoms with Crippen LogP contribution in [0.15, 0.2) is 36.5 Å². The fraction of sp³-hybridized carbons (Fsp3) is 0.133. The Hall–Kier alpha value is -2.67. The number of hydrogen-bond donors (Lipinski definition) is 0. The smallest absolute Gasteiger partial charge is 0.144 e. The molecule has 1 aromatic carbocycles. The van der Waals surface area contributed by atoms with Crippen molar-refractivity contribution >= 4 is 10.9 Å². The Kier molecular flexibility index (Phi) is 2.53. The standard InChI is InChI=1S/C15H12N4/c1-10-17-11(8-16)7-14(18-10)13-9-19(2)15-6-4-3-5-12(13)15/h3-7,9H,1-2H3. The van der Waals surface area contributed by atoms with Gasteiger partial charge >= 0.3 is 0 Å². The SMILES string of the molecule is Cc1nc(C#N)cc(-c2cn(C)c3ccccc23)n1. The maximum Gasteiger partial charge on any atom is 0.144 e. The van der Waals surface area contributed by atoms with Gasteiger partial charge < -0.3 is 4.57 Å². The van der Waals surface area contributed by atoms with Crippen molar-refractivity contribution in [3.8, 4) is 17.3 Å². The molecular weight excluding hydrogens is 236 g/mol. The molecule has 4 nitrogen and oxygen atoms in total. The Balaban J connectivity index is 2.31. The molecule has 0 amide bonds. The van der Waals surface area contributed by atoms with Gasteiger partial charge in [0.1, 0.15) is 17.6 Å². The quantitative estimate of drug-likeness (QED) is 0.665. The summed E-state index contributed by atoms with van der Waals surface area (Å²) in [4.78, 5) is 8.53. The van der Waals surface area contributed by atoms with Crippen molar-refractivity contribution in [3.63, 3.8) is 0 Å². The van der Waals surface area contributed by atoms with Crippen molar-refractivity contribution in [1.29, 1.82) is 5.26 Å². The molecule has 4 heteroatoms. The van der Waals surface area contributed by atoms with Crippen molar-refractivity contribution in [2.45, 2.75) is 6.92 Å². The summed E-state index contributed by atoms with van der Waals surface area (Å²) in [7, 11) is 2.01. The molecule has 0 atom stereocenters. The molecule has 92 valence electrons. The first-order valence-electron chi connectivity index (χ1n) is 5.99. The van der Waals surface area contributed by atoms with Crippen molar-refractivity contribution in [2.24, 2.45) is 7.05 Å². The van der Waals surface area contributed by atoms with E-state index in [2.05, 4.69) is 32.7 Å². The third-order valence-electron chi connectivity index (χ3n) is 3.13. The fourth-order valence-electron chi connectivity index (χ4n) is 2.31. The van der Waals surface area contributed by atoms with E-state index in [9.17, 15) is 0 Å². The summed E-state index contributed by atoms with van der Waals surface area (Å²) in [6.45, 7) is 1.80. The van der Waals surface area contributed by atoms with E-state index in [1.807, 2.05) is 25.4 Å². The number of aromatic nitrogens is 3. The van der Waals surface area contributed by atoms with Gasteiger partial charge in [-0.25, -0.2) is 9.97 Å². The van der Waals surface area contributed by atoms with E-state index in [4.69, 9.17) is 5.26 Å². The summed E-state index contributed by atoms with van der Waals surface area (Å²) in [6.07, 6.45) is 2.04. The van der Waals surface area contributed by atoms with Gasteiger partial charge in [0.15, 0.2) is 0 Å². The van der Waals surface area contributed by atoms with E-state index in [0.717, 1.165) is 22.2 Å². The highest BCUT2D eigenvalue weighted by Crippen LogP contribution is 2.28. The molecular formula is C15H12N4.